The van der Waals surface area contributed by atoms with Gasteiger partial charge in [0.1, 0.15) is 0 Å². The monoisotopic (exact) mass is 155 g/mol. The smallest absolute Gasteiger partial charge is 0.00388 e. The lowest BCUT2D eigenvalue weighted by atomic mass is 9.91. The highest BCUT2D eigenvalue weighted by molar-refractivity contribution is 4.76. The van der Waals surface area contributed by atoms with Crippen LogP contribution in [0.2, 0.25) is 0 Å². The van der Waals surface area contributed by atoms with Gasteiger partial charge in [-0.2, -0.15) is 0 Å². The SMILES string of the molecule is CC1CC(C)CN(C(C)C)C1. The highest BCUT2D eigenvalue weighted by Crippen LogP contribution is 2.22. The maximum Gasteiger partial charge on any atom is 0.00388 e. The Bertz CT molecular complexity index is 110. The summed E-state index contributed by atoms with van der Waals surface area (Å²) in [5.41, 5.74) is 0. The van der Waals surface area contributed by atoms with Gasteiger partial charge < -0.3 is 4.90 Å². The van der Waals surface area contributed by atoms with E-state index in [1.165, 1.54) is 19.5 Å². The van der Waals surface area contributed by atoms with Gasteiger partial charge in [0.2, 0.25) is 0 Å². The van der Waals surface area contributed by atoms with Crippen LogP contribution >= 0.6 is 0 Å². The Labute approximate surface area is 70.8 Å². The Morgan fingerprint density at radius 2 is 1.55 bits per heavy atom. The molecule has 0 aromatic heterocycles. The summed E-state index contributed by atoms with van der Waals surface area (Å²) in [4.78, 5) is 2.60. The maximum atomic E-state index is 2.60. The van der Waals surface area contributed by atoms with Crippen LogP contribution in [0, 0.1) is 11.8 Å². The molecular formula is C10H21N. The summed E-state index contributed by atoms with van der Waals surface area (Å²) in [6, 6.07) is 0.736. The van der Waals surface area contributed by atoms with Crippen molar-refractivity contribution in [3.8, 4) is 0 Å². The number of hydrogen-bond donors (Lipinski definition) is 0. The average molecular weight is 155 g/mol. The fourth-order valence-corrected chi connectivity index (χ4v) is 2.13. The first-order valence-electron chi connectivity index (χ1n) is 4.83. The summed E-state index contributed by atoms with van der Waals surface area (Å²) in [5, 5.41) is 0. The van der Waals surface area contributed by atoms with E-state index in [-0.39, 0.29) is 0 Å². The minimum atomic E-state index is 0.736. The van der Waals surface area contributed by atoms with Gasteiger partial charge in [0.25, 0.3) is 0 Å². The molecule has 0 bridgehead atoms. The molecule has 1 saturated heterocycles. The van der Waals surface area contributed by atoms with Gasteiger partial charge >= 0.3 is 0 Å². The summed E-state index contributed by atoms with van der Waals surface area (Å²) < 4.78 is 0. The third-order valence-electron chi connectivity index (χ3n) is 2.63. The van der Waals surface area contributed by atoms with Crippen LogP contribution in [0.3, 0.4) is 0 Å². The zero-order chi connectivity index (χ0) is 8.43. The van der Waals surface area contributed by atoms with E-state index in [1.807, 2.05) is 0 Å². The summed E-state index contributed by atoms with van der Waals surface area (Å²) in [6.07, 6.45) is 1.42. The molecule has 11 heavy (non-hydrogen) atoms. The van der Waals surface area contributed by atoms with Gasteiger partial charge in [-0.05, 0) is 32.1 Å². The minimum Gasteiger partial charge on any atom is -0.300 e. The molecule has 1 fully saturated rings. The van der Waals surface area contributed by atoms with Gasteiger partial charge in [0.05, 0.1) is 0 Å². The highest BCUT2D eigenvalue weighted by atomic mass is 15.2. The van der Waals surface area contributed by atoms with Gasteiger partial charge in [-0.1, -0.05) is 13.8 Å². The van der Waals surface area contributed by atoms with Crippen LogP contribution in [0.15, 0.2) is 0 Å². The quantitative estimate of drug-likeness (QED) is 0.562. The summed E-state index contributed by atoms with van der Waals surface area (Å²) >= 11 is 0. The maximum absolute atomic E-state index is 2.60. The van der Waals surface area contributed by atoms with Crippen molar-refractivity contribution < 1.29 is 0 Å². The molecule has 0 aromatic rings. The predicted octanol–water partition coefficient (Wildman–Crippen LogP) is 2.37. The molecule has 1 rings (SSSR count). The molecule has 0 saturated carbocycles. The molecule has 2 unspecified atom stereocenters. The zero-order valence-electron chi connectivity index (χ0n) is 8.30. The predicted molar refractivity (Wildman–Crippen MR) is 49.7 cm³/mol. The number of rotatable bonds is 1. The topological polar surface area (TPSA) is 3.24 Å². The summed E-state index contributed by atoms with van der Waals surface area (Å²) in [5.74, 6) is 1.81. The molecule has 1 nitrogen and oxygen atoms in total. The standard InChI is InChI=1S/C10H21N/c1-8(2)11-6-9(3)5-10(4)7-11/h8-10H,5-7H2,1-4H3. The van der Waals surface area contributed by atoms with E-state index in [9.17, 15) is 0 Å². The van der Waals surface area contributed by atoms with Crippen molar-refractivity contribution in [2.45, 2.75) is 40.2 Å². The molecule has 0 radical (unpaired) electrons. The van der Waals surface area contributed by atoms with E-state index in [2.05, 4.69) is 32.6 Å². The zero-order valence-corrected chi connectivity index (χ0v) is 8.30. The molecule has 1 heteroatoms. The van der Waals surface area contributed by atoms with Crippen molar-refractivity contribution in [2.75, 3.05) is 13.1 Å². The first kappa shape index (κ1) is 9.05. The normalized spacial score (nSPS) is 34.6. The third kappa shape index (κ3) is 2.48. The lowest BCUT2D eigenvalue weighted by Gasteiger charge is -2.37. The van der Waals surface area contributed by atoms with Gasteiger partial charge in [-0.25, -0.2) is 0 Å². The van der Waals surface area contributed by atoms with Crippen LogP contribution in [-0.2, 0) is 0 Å². The summed E-state index contributed by atoms with van der Waals surface area (Å²) in [6.45, 7) is 11.9. The van der Waals surface area contributed by atoms with Crippen molar-refractivity contribution in [3.05, 3.63) is 0 Å². The molecule has 0 N–H and O–H groups in total. The van der Waals surface area contributed by atoms with Crippen LogP contribution in [0.4, 0.5) is 0 Å². The van der Waals surface area contributed by atoms with E-state index in [0.29, 0.717) is 0 Å². The number of likely N-dealkylation sites (tertiary alicyclic amines) is 1. The molecule has 0 aromatic carbocycles. The van der Waals surface area contributed by atoms with Gasteiger partial charge in [-0.3, -0.25) is 0 Å². The van der Waals surface area contributed by atoms with Crippen molar-refractivity contribution in [2.24, 2.45) is 11.8 Å². The summed E-state index contributed by atoms with van der Waals surface area (Å²) in [7, 11) is 0. The van der Waals surface area contributed by atoms with Gasteiger partial charge in [0, 0.05) is 19.1 Å². The van der Waals surface area contributed by atoms with Crippen LogP contribution in [-0.4, -0.2) is 24.0 Å². The van der Waals surface area contributed by atoms with Crippen LogP contribution < -0.4 is 0 Å². The van der Waals surface area contributed by atoms with Crippen molar-refractivity contribution >= 4 is 0 Å². The average Bonchev–Trinajstić information content (AvgIpc) is 1.85. The number of piperidine rings is 1. The number of hydrogen-bond acceptors (Lipinski definition) is 1. The molecule has 0 spiro atoms. The Morgan fingerprint density at radius 3 is 1.91 bits per heavy atom. The second-order valence-electron chi connectivity index (χ2n) is 4.49. The van der Waals surface area contributed by atoms with E-state index < -0.39 is 0 Å². The Kier molecular flexibility index (Phi) is 2.94. The third-order valence-corrected chi connectivity index (χ3v) is 2.63. The highest BCUT2D eigenvalue weighted by Gasteiger charge is 2.22. The fourth-order valence-electron chi connectivity index (χ4n) is 2.13. The first-order chi connectivity index (χ1) is 5.09. The molecule has 2 atom stereocenters. The van der Waals surface area contributed by atoms with E-state index in [4.69, 9.17) is 0 Å². The first-order valence-corrected chi connectivity index (χ1v) is 4.83. The van der Waals surface area contributed by atoms with Gasteiger partial charge in [0.15, 0.2) is 0 Å². The Morgan fingerprint density at radius 1 is 1.09 bits per heavy atom. The van der Waals surface area contributed by atoms with Crippen LogP contribution in [0.1, 0.15) is 34.1 Å². The molecule has 66 valence electrons. The Hall–Kier alpha value is -0.0400. The van der Waals surface area contributed by atoms with E-state index in [0.717, 1.165) is 17.9 Å². The molecule has 1 aliphatic heterocycles. The second-order valence-corrected chi connectivity index (χ2v) is 4.49. The second kappa shape index (κ2) is 3.57. The number of nitrogens with zero attached hydrogens (tertiary/aromatic N) is 1. The molecule has 0 amide bonds. The largest absolute Gasteiger partial charge is 0.300 e. The van der Waals surface area contributed by atoms with Crippen LogP contribution in [0.5, 0.6) is 0 Å². The van der Waals surface area contributed by atoms with Crippen molar-refractivity contribution in [1.82, 2.24) is 4.90 Å². The van der Waals surface area contributed by atoms with E-state index in [1.54, 1.807) is 0 Å². The molecule has 1 heterocycles. The lowest BCUT2D eigenvalue weighted by Crippen LogP contribution is -2.42. The van der Waals surface area contributed by atoms with Crippen LogP contribution in [0.25, 0.3) is 0 Å². The molecular weight excluding hydrogens is 134 g/mol. The van der Waals surface area contributed by atoms with E-state index >= 15 is 0 Å². The molecule has 0 aliphatic carbocycles. The lowest BCUT2D eigenvalue weighted by molar-refractivity contribution is 0.111. The molecule has 1 aliphatic rings. The fraction of sp³-hybridized carbons (Fsp3) is 1.00. The van der Waals surface area contributed by atoms with Crippen molar-refractivity contribution in [3.63, 3.8) is 0 Å². The van der Waals surface area contributed by atoms with Gasteiger partial charge in [-0.15, -0.1) is 0 Å². The van der Waals surface area contributed by atoms with Crippen molar-refractivity contribution in [1.29, 1.82) is 0 Å². The Balaban J connectivity index is 2.43. The minimum absolute atomic E-state index is 0.736.